The minimum absolute atomic E-state index is 0.223. The summed E-state index contributed by atoms with van der Waals surface area (Å²) in [6, 6.07) is 0. The van der Waals surface area contributed by atoms with Gasteiger partial charge >= 0.3 is 0 Å². The molecule has 0 fully saturated rings. The van der Waals surface area contributed by atoms with Crippen LogP contribution in [-0.4, -0.2) is 27.8 Å². The van der Waals surface area contributed by atoms with E-state index in [-0.39, 0.29) is 6.61 Å². The highest BCUT2D eigenvalue weighted by atomic mass is 35.5. The fourth-order valence-electron chi connectivity index (χ4n) is 1.42. The number of aliphatic hydroxyl groups excluding tert-OH is 1. The van der Waals surface area contributed by atoms with Crippen molar-refractivity contribution in [3.63, 3.8) is 0 Å². The van der Waals surface area contributed by atoms with E-state index in [0.717, 1.165) is 18.7 Å². The second kappa shape index (κ2) is 6.45. The van der Waals surface area contributed by atoms with Crippen LogP contribution < -0.4 is 5.32 Å². The molecule has 0 aromatic carbocycles. The average molecular weight is 266 g/mol. The van der Waals surface area contributed by atoms with Gasteiger partial charge in [0.2, 0.25) is 5.28 Å². The van der Waals surface area contributed by atoms with Gasteiger partial charge in [-0.2, -0.15) is 0 Å². The molecule has 1 heterocycles. The Morgan fingerprint density at radius 3 is 2.69 bits per heavy atom. The Balaban J connectivity index is 2.43. The molecule has 1 atom stereocenters. The SMILES string of the molecule is CC(CCO)CNCc1c(Cl)nc(Cl)n1C. The van der Waals surface area contributed by atoms with Crippen LogP contribution in [0.4, 0.5) is 0 Å². The lowest BCUT2D eigenvalue weighted by Crippen LogP contribution is -2.22. The molecule has 4 nitrogen and oxygen atoms in total. The Bertz CT molecular complexity index is 341. The van der Waals surface area contributed by atoms with Crippen LogP contribution in [0.2, 0.25) is 10.4 Å². The second-order valence-corrected chi connectivity index (χ2v) is 4.62. The molecule has 2 N–H and O–H groups in total. The van der Waals surface area contributed by atoms with E-state index < -0.39 is 0 Å². The van der Waals surface area contributed by atoms with Gasteiger partial charge in [0.15, 0.2) is 5.15 Å². The molecule has 1 aromatic rings. The molecular weight excluding hydrogens is 249 g/mol. The van der Waals surface area contributed by atoms with Crippen molar-refractivity contribution < 1.29 is 5.11 Å². The minimum atomic E-state index is 0.223. The first-order valence-corrected chi connectivity index (χ1v) is 6.00. The van der Waals surface area contributed by atoms with Crippen molar-refractivity contribution in [3.8, 4) is 0 Å². The predicted molar refractivity (Wildman–Crippen MR) is 65.8 cm³/mol. The Morgan fingerprint density at radius 1 is 1.50 bits per heavy atom. The highest BCUT2D eigenvalue weighted by Gasteiger charge is 2.11. The van der Waals surface area contributed by atoms with Crippen molar-refractivity contribution in [2.45, 2.75) is 19.9 Å². The number of hydrogen-bond acceptors (Lipinski definition) is 3. The Kier molecular flexibility index (Phi) is 5.55. The number of imidazole rings is 1. The smallest absolute Gasteiger partial charge is 0.204 e. The molecule has 0 amide bonds. The zero-order chi connectivity index (χ0) is 12.1. The molecule has 0 aliphatic carbocycles. The zero-order valence-corrected chi connectivity index (χ0v) is 11.0. The summed E-state index contributed by atoms with van der Waals surface area (Å²) in [5.41, 5.74) is 0.878. The molecule has 0 aliphatic heterocycles. The van der Waals surface area contributed by atoms with Crippen LogP contribution in [0.3, 0.4) is 0 Å². The predicted octanol–water partition coefficient (Wildman–Crippen LogP) is 1.83. The number of rotatable bonds is 6. The van der Waals surface area contributed by atoms with Gasteiger partial charge in [-0.15, -0.1) is 0 Å². The molecule has 0 bridgehead atoms. The van der Waals surface area contributed by atoms with Crippen LogP contribution in [-0.2, 0) is 13.6 Å². The molecule has 16 heavy (non-hydrogen) atoms. The first kappa shape index (κ1) is 13.8. The maximum atomic E-state index is 8.76. The zero-order valence-electron chi connectivity index (χ0n) is 9.50. The highest BCUT2D eigenvalue weighted by molar-refractivity contribution is 6.32. The van der Waals surface area contributed by atoms with Crippen molar-refractivity contribution in [2.75, 3.05) is 13.2 Å². The van der Waals surface area contributed by atoms with Gasteiger partial charge in [0, 0.05) is 20.2 Å². The van der Waals surface area contributed by atoms with Gasteiger partial charge in [-0.3, -0.25) is 0 Å². The maximum Gasteiger partial charge on any atom is 0.204 e. The van der Waals surface area contributed by atoms with Crippen LogP contribution in [0.1, 0.15) is 19.0 Å². The first-order chi connectivity index (χ1) is 7.56. The molecule has 1 rings (SSSR count). The highest BCUT2D eigenvalue weighted by Crippen LogP contribution is 2.19. The normalized spacial score (nSPS) is 13.1. The number of aromatic nitrogens is 2. The third-order valence-electron chi connectivity index (χ3n) is 2.52. The van der Waals surface area contributed by atoms with E-state index in [1.165, 1.54) is 0 Å². The summed E-state index contributed by atoms with van der Waals surface area (Å²) < 4.78 is 1.76. The largest absolute Gasteiger partial charge is 0.396 e. The van der Waals surface area contributed by atoms with Crippen LogP contribution >= 0.6 is 23.2 Å². The number of nitrogens with zero attached hydrogens (tertiary/aromatic N) is 2. The maximum absolute atomic E-state index is 8.76. The summed E-state index contributed by atoms with van der Waals surface area (Å²) in [5, 5.41) is 12.9. The lowest BCUT2D eigenvalue weighted by atomic mass is 10.1. The van der Waals surface area contributed by atoms with Gasteiger partial charge in [0.25, 0.3) is 0 Å². The Hall–Kier alpha value is -0.290. The van der Waals surface area contributed by atoms with E-state index in [2.05, 4.69) is 17.2 Å². The summed E-state index contributed by atoms with van der Waals surface area (Å²) in [6.07, 6.45) is 0.798. The van der Waals surface area contributed by atoms with E-state index >= 15 is 0 Å². The standard InChI is InChI=1S/C10H17Cl2N3O/c1-7(3-4-16)5-13-6-8-9(11)14-10(12)15(8)2/h7,13,16H,3-6H2,1-2H3. The van der Waals surface area contributed by atoms with Gasteiger partial charge in [-0.05, 0) is 30.5 Å². The van der Waals surface area contributed by atoms with Crippen LogP contribution in [0.25, 0.3) is 0 Å². The summed E-state index contributed by atoms with van der Waals surface area (Å²) in [6.45, 7) is 3.77. The van der Waals surface area contributed by atoms with E-state index in [9.17, 15) is 0 Å². The van der Waals surface area contributed by atoms with Gasteiger partial charge in [0.05, 0.1) is 5.69 Å². The minimum Gasteiger partial charge on any atom is -0.396 e. The molecule has 0 saturated carbocycles. The Morgan fingerprint density at radius 2 is 2.19 bits per heavy atom. The fourth-order valence-corrected chi connectivity index (χ4v) is 1.92. The molecule has 0 radical (unpaired) electrons. The van der Waals surface area contributed by atoms with Gasteiger partial charge in [-0.25, -0.2) is 4.98 Å². The second-order valence-electron chi connectivity index (χ2n) is 3.93. The molecule has 6 heteroatoms. The Labute approximate surface area is 106 Å². The summed E-state index contributed by atoms with van der Waals surface area (Å²) in [5.74, 6) is 0.437. The molecule has 1 aromatic heterocycles. The number of aliphatic hydroxyl groups is 1. The van der Waals surface area contributed by atoms with Gasteiger partial charge in [0.1, 0.15) is 0 Å². The monoisotopic (exact) mass is 265 g/mol. The molecule has 0 spiro atoms. The van der Waals surface area contributed by atoms with Crippen LogP contribution in [0, 0.1) is 5.92 Å². The summed E-state index contributed by atoms with van der Waals surface area (Å²) in [4.78, 5) is 3.96. The number of halogens is 2. The molecule has 0 aliphatic rings. The van der Waals surface area contributed by atoms with E-state index in [1.807, 2.05) is 7.05 Å². The third-order valence-corrected chi connectivity index (χ3v) is 3.16. The molecule has 92 valence electrons. The topological polar surface area (TPSA) is 50.1 Å². The summed E-state index contributed by atoms with van der Waals surface area (Å²) in [7, 11) is 1.83. The molecule has 0 saturated heterocycles. The number of hydrogen-bond donors (Lipinski definition) is 2. The summed E-state index contributed by atoms with van der Waals surface area (Å²) >= 11 is 11.8. The van der Waals surface area contributed by atoms with Crippen molar-refractivity contribution >= 4 is 23.2 Å². The number of nitrogens with one attached hydrogen (secondary N) is 1. The fraction of sp³-hybridized carbons (Fsp3) is 0.700. The average Bonchev–Trinajstić information content (AvgIpc) is 2.45. The van der Waals surface area contributed by atoms with E-state index in [4.69, 9.17) is 28.3 Å². The van der Waals surface area contributed by atoms with E-state index in [0.29, 0.717) is 22.9 Å². The van der Waals surface area contributed by atoms with Crippen molar-refractivity contribution in [3.05, 3.63) is 16.1 Å². The van der Waals surface area contributed by atoms with Crippen molar-refractivity contribution in [1.29, 1.82) is 0 Å². The van der Waals surface area contributed by atoms with Crippen molar-refractivity contribution in [2.24, 2.45) is 13.0 Å². The first-order valence-electron chi connectivity index (χ1n) is 5.24. The third kappa shape index (κ3) is 3.63. The lowest BCUT2D eigenvalue weighted by molar-refractivity contribution is 0.260. The van der Waals surface area contributed by atoms with Gasteiger partial charge < -0.3 is 15.0 Å². The van der Waals surface area contributed by atoms with Gasteiger partial charge in [-0.1, -0.05) is 18.5 Å². The van der Waals surface area contributed by atoms with E-state index in [1.54, 1.807) is 4.57 Å². The lowest BCUT2D eigenvalue weighted by Gasteiger charge is -2.11. The van der Waals surface area contributed by atoms with Crippen LogP contribution in [0.15, 0.2) is 0 Å². The molecule has 1 unspecified atom stereocenters. The molecular formula is C10H17Cl2N3O. The van der Waals surface area contributed by atoms with Crippen molar-refractivity contribution in [1.82, 2.24) is 14.9 Å². The van der Waals surface area contributed by atoms with Crippen LogP contribution in [0.5, 0.6) is 0 Å². The quantitative estimate of drug-likeness (QED) is 0.826.